The van der Waals surface area contributed by atoms with Gasteiger partial charge in [0.1, 0.15) is 11.5 Å². The molecule has 0 heterocycles. The van der Waals surface area contributed by atoms with Gasteiger partial charge in [0.05, 0.1) is 18.6 Å². The Balaban J connectivity index is 2.08. The Morgan fingerprint density at radius 3 is 2.48 bits per heavy atom. The highest BCUT2D eigenvalue weighted by molar-refractivity contribution is 6.30. The van der Waals surface area contributed by atoms with E-state index < -0.39 is 11.6 Å². The van der Waals surface area contributed by atoms with Crippen molar-refractivity contribution in [2.24, 2.45) is 0 Å². The second kappa shape index (κ2) is 7.49. The van der Waals surface area contributed by atoms with E-state index in [0.29, 0.717) is 28.7 Å². The van der Waals surface area contributed by atoms with Crippen molar-refractivity contribution in [3.63, 3.8) is 0 Å². The smallest absolute Gasteiger partial charge is 0.309 e. The maximum Gasteiger partial charge on any atom is 0.309 e. The van der Waals surface area contributed by atoms with E-state index in [-0.39, 0.29) is 6.42 Å². The summed E-state index contributed by atoms with van der Waals surface area (Å²) in [4.78, 5) is 11.6. The number of esters is 1. The van der Waals surface area contributed by atoms with Gasteiger partial charge in [0, 0.05) is 5.02 Å². The van der Waals surface area contributed by atoms with Crippen LogP contribution in [-0.2, 0) is 15.1 Å². The van der Waals surface area contributed by atoms with E-state index in [0.717, 1.165) is 0 Å². The van der Waals surface area contributed by atoms with Crippen molar-refractivity contribution in [2.75, 3.05) is 6.61 Å². The molecule has 0 amide bonds. The Hall–Kier alpha value is -2.04. The quantitative estimate of drug-likeness (QED) is 0.800. The van der Waals surface area contributed by atoms with Crippen molar-refractivity contribution < 1.29 is 19.4 Å². The first-order valence-corrected chi connectivity index (χ1v) is 7.70. The van der Waals surface area contributed by atoms with Gasteiger partial charge in [0.15, 0.2) is 0 Å². The van der Waals surface area contributed by atoms with Crippen LogP contribution >= 0.6 is 11.6 Å². The normalized spacial score (nSPS) is 13.2. The summed E-state index contributed by atoms with van der Waals surface area (Å²) < 4.78 is 10.6. The topological polar surface area (TPSA) is 55.8 Å². The van der Waals surface area contributed by atoms with Crippen LogP contribution in [0.15, 0.2) is 48.5 Å². The lowest BCUT2D eigenvalue weighted by atomic mass is 9.92. The zero-order chi connectivity index (χ0) is 16.9. The molecule has 122 valence electrons. The van der Waals surface area contributed by atoms with Crippen molar-refractivity contribution in [3.05, 3.63) is 59.1 Å². The minimum Gasteiger partial charge on any atom is -0.466 e. The largest absolute Gasteiger partial charge is 0.466 e. The summed E-state index contributed by atoms with van der Waals surface area (Å²) >= 11 is 5.91. The summed E-state index contributed by atoms with van der Waals surface area (Å²) in [6, 6.07) is 14.0. The van der Waals surface area contributed by atoms with E-state index in [1.807, 2.05) is 0 Å². The van der Waals surface area contributed by atoms with E-state index in [1.165, 1.54) is 0 Å². The van der Waals surface area contributed by atoms with Gasteiger partial charge < -0.3 is 14.6 Å². The Bertz CT molecular complexity index is 665. The van der Waals surface area contributed by atoms with E-state index >= 15 is 0 Å². The number of rotatable bonds is 6. The second-order valence-corrected chi connectivity index (χ2v) is 5.78. The number of ether oxygens (including phenoxy) is 2. The SMILES string of the molecule is CCOC(=O)CC(C)(O)c1ccc(Oc2cccc(Cl)c2)cc1. The molecular weight excluding hydrogens is 316 g/mol. The Kier molecular flexibility index (Phi) is 5.64. The van der Waals surface area contributed by atoms with Gasteiger partial charge in [-0.25, -0.2) is 0 Å². The third-order valence-electron chi connectivity index (χ3n) is 3.30. The summed E-state index contributed by atoms with van der Waals surface area (Å²) in [5.41, 5.74) is -0.676. The highest BCUT2D eigenvalue weighted by Crippen LogP contribution is 2.29. The summed E-state index contributed by atoms with van der Waals surface area (Å²) in [5, 5.41) is 11.0. The van der Waals surface area contributed by atoms with Gasteiger partial charge >= 0.3 is 5.97 Å². The van der Waals surface area contributed by atoms with Gasteiger partial charge in [-0.3, -0.25) is 4.79 Å². The average molecular weight is 335 g/mol. The van der Waals surface area contributed by atoms with Gasteiger partial charge in [0.25, 0.3) is 0 Å². The van der Waals surface area contributed by atoms with Gasteiger partial charge in [-0.15, -0.1) is 0 Å². The fourth-order valence-corrected chi connectivity index (χ4v) is 2.32. The molecule has 0 saturated heterocycles. The molecule has 0 aliphatic carbocycles. The van der Waals surface area contributed by atoms with Gasteiger partial charge in [0.2, 0.25) is 0 Å². The van der Waals surface area contributed by atoms with E-state index in [1.54, 1.807) is 62.4 Å². The molecule has 1 N–H and O–H groups in total. The van der Waals surface area contributed by atoms with Crippen LogP contribution in [0, 0.1) is 0 Å². The monoisotopic (exact) mass is 334 g/mol. The fourth-order valence-electron chi connectivity index (χ4n) is 2.14. The molecule has 0 bridgehead atoms. The molecule has 0 spiro atoms. The van der Waals surface area contributed by atoms with Crippen LogP contribution in [-0.4, -0.2) is 17.7 Å². The Morgan fingerprint density at radius 1 is 1.17 bits per heavy atom. The van der Waals surface area contributed by atoms with Crippen molar-refractivity contribution in [1.82, 2.24) is 0 Å². The fraction of sp³-hybridized carbons (Fsp3) is 0.278. The first-order chi connectivity index (χ1) is 10.9. The average Bonchev–Trinajstić information content (AvgIpc) is 2.47. The molecule has 2 aromatic rings. The predicted molar refractivity (Wildman–Crippen MR) is 88.8 cm³/mol. The van der Waals surface area contributed by atoms with E-state index in [9.17, 15) is 9.90 Å². The number of benzene rings is 2. The maximum atomic E-state index is 11.6. The summed E-state index contributed by atoms with van der Waals surface area (Å²) in [5.74, 6) is 0.809. The number of halogens is 1. The zero-order valence-corrected chi connectivity index (χ0v) is 13.8. The highest BCUT2D eigenvalue weighted by atomic mass is 35.5. The summed E-state index contributed by atoms with van der Waals surface area (Å²) in [6.45, 7) is 3.60. The Morgan fingerprint density at radius 2 is 1.87 bits per heavy atom. The molecule has 5 heteroatoms. The summed E-state index contributed by atoms with van der Waals surface area (Å²) in [7, 11) is 0. The molecular formula is C18H19ClO4. The molecule has 4 nitrogen and oxygen atoms in total. The van der Waals surface area contributed by atoms with Crippen LogP contribution in [0.3, 0.4) is 0 Å². The minimum absolute atomic E-state index is 0.102. The van der Waals surface area contributed by atoms with Gasteiger partial charge in [-0.05, 0) is 49.7 Å². The number of hydrogen-bond donors (Lipinski definition) is 1. The molecule has 2 aromatic carbocycles. The zero-order valence-electron chi connectivity index (χ0n) is 13.1. The molecule has 23 heavy (non-hydrogen) atoms. The predicted octanol–water partition coefficient (Wildman–Crippen LogP) is 4.29. The van der Waals surface area contributed by atoms with E-state index in [4.69, 9.17) is 21.1 Å². The molecule has 0 aromatic heterocycles. The first kappa shape index (κ1) is 17.3. The number of hydrogen-bond acceptors (Lipinski definition) is 4. The third kappa shape index (κ3) is 4.98. The molecule has 0 fully saturated rings. The lowest BCUT2D eigenvalue weighted by molar-refractivity contribution is -0.148. The van der Waals surface area contributed by atoms with E-state index in [2.05, 4.69) is 0 Å². The van der Waals surface area contributed by atoms with Crippen LogP contribution in [0.4, 0.5) is 0 Å². The molecule has 2 rings (SSSR count). The first-order valence-electron chi connectivity index (χ1n) is 7.32. The third-order valence-corrected chi connectivity index (χ3v) is 3.54. The van der Waals surface area contributed by atoms with Crippen molar-refractivity contribution in [2.45, 2.75) is 25.9 Å². The minimum atomic E-state index is -1.29. The number of carbonyl (C=O) groups excluding carboxylic acids is 1. The van der Waals surface area contributed by atoms with Crippen molar-refractivity contribution in [1.29, 1.82) is 0 Å². The van der Waals surface area contributed by atoms with Crippen LogP contribution in [0.1, 0.15) is 25.8 Å². The van der Waals surface area contributed by atoms with Crippen LogP contribution in [0.25, 0.3) is 0 Å². The summed E-state index contributed by atoms with van der Waals surface area (Å²) in [6.07, 6.45) is -0.102. The van der Waals surface area contributed by atoms with Crippen LogP contribution < -0.4 is 4.74 Å². The van der Waals surface area contributed by atoms with Gasteiger partial charge in [-0.2, -0.15) is 0 Å². The number of carbonyl (C=O) groups is 1. The standard InChI is InChI=1S/C18H19ClO4/c1-3-22-17(20)12-18(2,21)13-7-9-15(10-8-13)23-16-6-4-5-14(19)11-16/h4-11,21H,3,12H2,1-2H3. The molecule has 0 aliphatic rings. The molecule has 0 radical (unpaired) electrons. The highest BCUT2D eigenvalue weighted by Gasteiger charge is 2.27. The lowest BCUT2D eigenvalue weighted by Crippen LogP contribution is -2.26. The molecule has 0 aliphatic heterocycles. The van der Waals surface area contributed by atoms with Crippen molar-refractivity contribution >= 4 is 17.6 Å². The Labute approximate surface area is 140 Å². The van der Waals surface area contributed by atoms with Gasteiger partial charge in [-0.1, -0.05) is 29.8 Å². The van der Waals surface area contributed by atoms with Crippen LogP contribution in [0.2, 0.25) is 5.02 Å². The number of aliphatic hydroxyl groups is 1. The second-order valence-electron chi connectivity index (χ2n) is 5.34. The lowest BCUT2D eigenvalue weighted by Gasteiger charge is -2.23. The molecule has 1 atom stereocenters. The molecule has 1 unspecified atom stereocenters. The maximum absolute atomic E-state index is 11.6. The van der Waals surface area contributed by atoms with Crippen LogP contribution in [0.5, 0.6) is 11.5 Å². The molecule has 0 saturated carbocycles. The van der Waals surface area contributed by atoms with Crippen molar-refractivity contribution in [3.8, 4) is 11.5 Å².